The van der Waals surface area contributed by atoms with Crippen LogP contribution in [0.15, 0.2) is 12.1 Å². The molecule has 0 saturated heterocycles. The van der Waals surface area contributed by atoms with Gasteiger partial charge in [0.2, 0.25) is 11.8 Å². The van der Waals surface area contributed by atoms with Crippen LogP contribution in [-0.2, 0) is 4.79 Å². The molecule has 6 heteroatoms. The fraction of sp³-hybridized carbons (Fsp3) is 0.222. The Morgan fingerprint density at radius 1 is 1.47 bits per heavy atom. The highest BCUT2D eigenvalue weighted by Crippen LogP contribution is 2.18. The van der Waals surface area contributed by atoms with E-state index in [2.05, 4.69) is 10.3 Å². The molecule has 1 amide bonds. The fourth-order valence-electron chi connectivity index (χ4n) is 1.01. The summed E-state index contributed by atoms with van der Waals surface area (Å²) in [5.41, 5.74) is -0.0494. The van der Waals surface area contributed by atoms with Crippen molar-refractivity contribution in [1.82, 2.24) is 4.98 Å². The number of ether oxygens (including phenoxy) is 1. The van der Waals surface area contributed by atoms with Crippen LogP contribution in [-0.4, -0.2) is 29.1 Å². The van der Waals surface area contributed by atoms with Gasteiger partial charge in [-0.2, -0.15) is 4.98 Å². The number of pyridine rings is 1. The first-order valence-electron chi connectivity index (χ1n) is 4.10. The average Bonchev–Trinajstić information content (AvgIpc) is 2.16. The lowest BCUT2D eigenvalue weighted by Crippen LogP contribution is -2.09. The number of rotatable bonds is 3. The summed E-state index contributed by atoms with van der Waals surface area (Å²) in [7, 11) is 1.31. The van der Waals surface area contributed by atoms with E-state index in [0.717, 1.165) is 0 Å². The molecule has 1 rings (SSSR count). The van der Waals surface area contributed by atoms with Gasteiger partial charge in [0.1, 0.15) is 11.4 Å². The van der Waals surface area contributed by atoms with E-state index in [4.69, 9.17) is 9.84 Å². The van der Waals surface area contributed by atoms with Crippen LogP contribution in [0.5, 0.6) is 5.88 Å². The van der Waals surface area contributed by atoms with Gasteiger partial charge in [0.15, 0.2) is 0 Å². The van der Waals surface area contributed by atoms with Gasteiger partial charge in [-0.1, -0.05) is 0 Å². The van der Waals surface area contributed by atoms with E-state index in [9.17, 15) is 9.59 Å². The van der Waals surface area contributed by atoms with Crippen molar-refractivity contribution in [3.05, 3.63) is 17.7 Å². The molecule has 0 atom stereocenters. The number of hydrogen-bond acceptors (Lipinski definition) is 4. The summed E-state index contributed by atoms with van der Waals surface area (Å²) in [4.78, 5) is 25.2. The second-order valence-corrected chi connectivity index (χ2v) is 2.74. The molecule has 0 radical (unpaired) electrons. The highest BCUT2D eigenvalue weighted by atomic mass is 16.5. The summed E-state index contributed by atoms with van der Waals surface area (Å²) in [6.07, 6.45) is 0. The van der Waals surface area contributed by atoms with Crippen LogP contribution in [0, 0.1) is 0 Å². The van der Waals surface area contributed by atoms with E-state index in [1.807, 2.05) is 0 Å². The first kappa shape index (κ1) is 11.0. The number of aromatic nitrogens is 1. The number of hydrogen-bond donors (Lipinski definition) is 2. The van der Waals surface area contributed by atoms with E-state index in [0.29, 0.717) is 0 Å². The Hall–Kier alpha value is -2.11. The predicted molar refractivity (Wildman–Crippen MR) is 52.1 cm³/mol. The zero-order valence-corrected chi connectivity index (χ0v) is 8.27. The quantitative estimate of drug-likeness (QED) is 0.768. The van der Waals surface area contributed by atoms with E-state index < -0.39 is 5.97 Å². The molecular weight excluding hydrogens is 200 g/mol. The molecule has 15 heavy (non-hydrogen) atoms. The lowest BCUT2D eigenvalue weighted by Gasteiger charge is -2.06. The van der Waals surface area contributed by atoms with Crippen LogP contribution in [0.3, 0.4) is 0 Å². The van der Waals surface area contributed by atoms with E-state index >= 15 is 0 Å². The molecule has 0 aliphatic rings. The van der Waals surface area contributed by atoms with Crippen LogP contribution < -0.4 is 10.1 Å². The zero-order valence-electron chi connectivity index (χ0n) is 8.27. The largest absolute Gasteiger partial charge is 0.480 e. The molecule has 0 aliphatic heterocycles. The maximum atomic E-state index is 10.7. The summed E-state index contributed by atoms with van der Waals surface area (Å²) in [6, 6.07) is 2.72. The number of aromatic carboxylic acids is 1. The first-order valence-corrected chi connectivity index (χ1v) is 4.10. The third-order valence-electron chi connectivity index (χ3n) is 1.59. The standard InChI is InChI=1S/C9H10N2O4/c1-5(12)10-7-4-3-6(9(13)14)8(11-7)15-2/h3-4H,1-2H3,(H,13,14)(H,10,11,12). The predicted octanol–water partition coefficient (Wildman–Crippen LogP) is 0.747. The number of carboxylic acid groups (broad SMARTS) is 1. The third kappa shape index (κ3) is 2.67. The molecule has 2 N–H and O–H groups in total. The molecule has 0 fully saturated rings. The van der Waals surface area contributed by atoms with Gasteiger partial charge in [-0.15, -0.1) is 0 Å². The van der Waals surface area contributed by atoms with Gasteiger partial charge in [0.25, 0.3) is 0 Å². The van der Waals surface area contributed by atoms with Crippen LogP contribution in [0.2, 0.25) is 0 Å². The van der Waals surface area contributed by atoms with Crippen molar-refractivity contribution in [2.45, 2.75) is 6.92 Å². The maximum Gasteiger partial charge on any atom is 0.341 e. The number of nitrogens with zero attached hydrogens (tertiary/aromatic N) is 1. The molecule has 80 valence electrons. The smallest absolute Gasteiger partial charge is 0.341 e. The van der Waals surface area contributed by atoms with Gasteiger partial charge in [0, 0.05) is 6.92 Å². The van der Waals surface area contributed by atoms with Gasteiger partial charge < -0.3 is 15.2 Å². The second-order valence-electron chi connectivity index (χ2n) is 2.74. The van der Waals surface area contributed by atoms with E-state index in [1.54, 1.807) is 0 Å². The molecule has 0 aromatic carbocycles. The topological polar surface area (TPSA) is 88.5 Å². The first-order chi connectivity index (χ1) is 7.04. The number of amides is 1. The number of methoxy groups -OCH3 is 1. The highest BCUT2D eigenvalue weighted by Gasteiger charge is 2.12. The van der Waals surface area contributed by atoms with Gasteiger partial charge in [0.05, 0.1) is 7.11 Å². The average molecular weight is 210 g/mol. The monoisotopic (exact) mass is 210 g/mol. The second kappa shape index (κ2) is 4.41. The highest BCUT2D eigenvalue weighted by molar-refractivity contribution is 5.92. The lowest BCUT2D eigenvalue weighted by molar-refractivity contribution is -0.114. The van der Waals surface area contributed by atoms with Gasteiger partial charge in [-0.3, -0.25) is 4.79 Å². The Morgan fingerprint density at radius 2 is 2.13 bits per heavy atom. The molecule has 1 heterocycles. The number of anilines is 1. The minimum absolute atomic E-state index is 0.0336. The molecule has 0 saturated carbocycles. The van der Waals surface area contributed by atoms with E-state index in [-0.39, 0.29) is 23.2 Å². The summed E-state index contributed by atoms with van der Waals surface area (Å²) in [6.45, 7) is 1.33. The van der Waals surface area contributed by atoms with Crippen molar-refractivity contribution >= 4 is 17.7 Å². The summed E-state index contributed by atoms with van der Waals surface area (Å²) >= 11 is 0. The Balaban J connectivity index is 3.07. The zero-order chi connectivity index (χ0) is 11.4. The van der Waals surface area contributed by atoms with Crippen molar-refractivity contribution in [2.24, 2.45) is 0 Å². The Bertz CT molecular complexity index is 403. The Kier molecular flexibility index (Phi) is 3.22. The SMILES string of the molecule is COc1nc(NC(C)=O)ccc1C(=O)O. The maximum absolute atomic E-state index is 10.7. The van der Waals surface area contributed by atoms with E-state index in [1.165, 1.54) is 26.2 Å². The normalized spacial score (nSPS) is 9.47. The van der Waals surface area contributed by atoms with Crippen LogP contribution in [0.1, 0.15) is 17.3 Å². The Morgan fingerprint density at radius 3 is 2.60 bits per heavy atom. The summed E-state index contributed by atoms with van der Waals surface area (Å²) in [5.74, 6) is -1.19. The number of carboxylic acids is 1. The molecule has 6 nitrogen and oxygen atoms in total. The molecule has 0 aliphatic carbocycles. The van der Waals surface area contributed by atoms with Gasteiger partial charge in [-0.05, 0) is 12.1 Å². The fourth-order valence-corrected chi connectivity index (χ4v) is 1.01. The molecule has 1 aromatic heterocycles. The van der Waals surface area contributed by atoms with Crippen LogP contribution >= 0.6 is 0 Å². The molecule has 1 aromatic rings. The number of nitrogens with one attached hydrogen (secondary N) is 1. The molecule has 0 spiro atoms. The van der Waals surface area contributed by atoms with Crippen molar-refractivity contribution in [3.8, 4) is 5.88 Å². The molecule has 0 unspecified atom stereocenters. The van der Waals surface area contributed by atoms with Crippen molar-refractivity contribution in [3.63, 3.8) is 0 Å². The van der Waals surface area contributed by atoms with Crippen molar-refractivity contribution in [2.75, 3.05) is 12.4 Å². The van der Waals surface area contributed by atoms with Crippen molar-refractivity contribution < 1.29 is 19.4 Å². The van der Waals surface area contributed by atoms with Crippen molar-refractivity contribution in [1.29, 1.82) is 0 Å². The number of carbonyl (C=O) groups is 2. The Labute approximate surface area is 85.9 Å². The number of carbonyl (C=O) groups excluding carboxylic acids is 1. The van der Waals surface area contributed by atoms with Gasteiger partial charge in [-0.25, -0.2) is 4.79 Å². The van der Waals surface area contributed by atoms with Crippen LogP contribution in [0.25, 0.3) is 0 Å². The minimum Gasteiger partial charge on any atom is -0.480 e. The van der Waals surface area contributed by atoms with Gasteiger partial charge >= 0.3 is 5.97 Å². The molecular formula is C9H10N2O4. The molecule has 0 bridgehead atoms. The van der Waals surface area contributed by atoms with Crippen LogP contribution in [0.4, 0.5) is 5.82 Å². The lowest BCUT2D eigenvalue weighted by atomic mass is 10.2. The summed E-state index contributed by atoms with van der Waals surface area (Å²) < 4.78 is 4.79. The minimum atomic E-state index is -1.13. The third-order valence-corrected chi connectivity index (χ3v) is 1.59. The summed E-state index contributed by atoms with van der Waals surface area (Å²) in [5, 5.41) is 11.2.